The molecule has 35 heavy (non-hydrogen) atoms. The van der Waals surface area contributed by atoms with E-state index in [0.717, 1.165) is 47.0 Å². The second-order valence-corrected chi connectivity index (χ2v) is 8.97. The van der Waals surface area contributed by atoms with Crippen molar-refractivity contribution in [3.8, 4) is 17.2 Å². The number of aryl methyl sites for hydroxylation is 2. The van der Waals surface area contributed by atoms with Crippen LogP contribution in [0.5, 0.6) is 17.2 Å². The molecule has 0 aliphatic carbocycles. The largest absolute Gasteiger partial charge is 0.496 e. The van der Waals surface area contributed by atoms with E-state index in [9.17, 15) is 4.79 Å². The zero-order chi connectivity index (χ0) is 24.9. The molecule has 0 saturated carbocycles. The number of piperazine rings is 1. The SMILES string of the molecule is COc1ccc(C(=O)N2CCN(c3ccccc3OC)CC2)cc1COc1cc(C)cc(C)c1C. The molecule has 0 spiro atoms. The predicted molar refractivity (Wildman–Crippen MR) is 139 cm³/mol. The highest BCUT2D eigenvalue weighted by atomic mass is 16.5. The Morgan fingerprint density at radius 1 is 0.829 bits per heavy atom. The standard InChI is InChI=1S/C29H34N2O4/c1-20-16-21(2)22(3)28(17-20)35-19-24-18-23(10-11-26(24)33-4)29(32)31-14-12-30(13-15-31)25-8-6-7-9-27(25)34-5/h6-11,16-18H,12-15,19H2,1-5H3. The first-order valence-corrected chi connectivity index (χ1v) is 12.0. The molecule has 1 fully saturated rings. The third kappa shape index (κ3) is 5.37. The third-order valence-corrected chi connectivity index (χ3v) is 6.67. The lowest BCUT2D eigenvalue weighted by Crippen LogP contribution is -2.48. The summed E-state index contributed by atoms with van der Waals surface area (Å²) in [6.45, 7) is 9.35. The van der Waals surface area contributed by atoms with Gasteiger partial charge in [0, 0.05) is 37.3 Å². The van der Waals surface area contributed by atoms with Crippen LogP contribution in [0.25, 0.3) is 0 Å². The van der Waals surface area contributed by atoms with Crippen molar-refractivity contribution in [2.75, 3.05) is 45.3 Å². The maximum atomic E-state index is 13.3. The van der Waals surface area contributed by atoms with Gasteiger partial charge in [0.15, 0.2) is 0 Å². The van der Waals surface area contributed by atoms with Gasteiger partial charge in [0.1, 0.15) is 23.9 Å². The van der Waals surface area contributed by atoms with Crippen LogP contribution in [0.4, 0.5) is 5.69 Å². The van der Waals surface area contributed by atoms with Crippen molar-refractivity contribution in [2.45, 2.75) is 27.4 Å². The summed E-state index contributed by atoms with van der Waals surface area (Å²) in [6.07, 6.45) is 0. The van der Waals surface area contributed by atoms with Gasteiger partial charge in [-0.25, -0.2) is 0 Å². The van der Waals surface area contributed by atoms with Gasteiger partial charge in [-0.15, -0.1) is 0 Å². The average molecular weight is 475 g/mol. The van der Waals surface area contributed by atoms with Gasteiger partial charge in [-0.1, -0.05) is 18.2 Å². The van der Waals surface area contributed by atoms with Gasteiger partial charge in [-0.05, 0) is 73.9 Å². The van der Waals surface area contributed by atoms with Crippen LogP contribution in [0.1, 0.15) is 32.6 Å². The van der Waals surface area contributed by atoms with Gasteiger partial charge in [-0.2, -0.15) is 0 Å². The van der Waals surface area contributed by atoms with Crippen LogP contribution in [0, 0.1) is 20.8 Å². The molecule has 1 aliphatic rings. The van der Waals surface area contributed by atoms with E-state index in [0.29, 0.717) is 31.0 Å². The number of methoxy groups -OCH3 is 2. The highest BCUT2D eigenvalue weighted by Crippen LogP contribution is 2.30. The molecule has 0 radical (unpaired) electrons. The fourth-order valence-corrected chi connectivity index (χ4v) is 4.55. The van der Waals surface area contributed by atoms with E-state index in [2.05, 4.69) is 37.8 Å². The lowest BCUT2D eigenvalue weighted by molar-refractivity contribution is 0.0746. The molecule has 4 rings (SSSR count). The Bertz CT molecular complexity index is 1200. The topological polar surface area (TPSA) is 51.2 Å². The van der Waals surface area contributed by atoms with Crippen LogP contribution in [0.2, 0.25) is 0 Å². The van der Waals surface area contributed by atoms with Crippen molar-refractivity contribution >= 4 is 11.6 Å². The number of benzene rings is 3. The average Bonchev–Trinajstić information content (AvgIpc) is 2.89. The van der Waals surface area contributed by atoms with E-state index in [1.165, 1.54) is 5.56 Å². The first kappa shape index (κ1) is 24.5. The van der Waals surface area contributed by atoms with E-state index < -0.39 is 0 Å². The van der Waals surface area contributed by atoms with Gasteiger partial charge < -0.3 is 24.0 Å². The Morgan fingerprint density at radius 3 is 2.26 bits per heavy atom. The summed E-state index contributed by atoms with van der Waals surface area (Å²) in [4.78, 5) is 17.5. The quantitative estimate of drug-likeness (QED) is 0.473. The van der Waals surface area contributed by atoms with E-state index >= 15 is 0 Å². The maximum Gasteiger partial charge on any atom is 0.253 e. The summed E-state index contributed by atoms with van der Waals surface area (Å²) < 4.78 is 17.2. The number of rotatable bonds is 7. The van der Waals surface area contributed by atoms with Gasteiger partial charge >= 0.3 is 0 Å². The number of nitrogens with zero attached hydrogens (tertiary/aromatic N) is 2. The smallest absolute Gasteiger partial charge is 0.253 e. The number of hydrogen-bond donors (Lipinski definition) is 0. The van der Waals surface area contributed by atoms with Crippen LogP contribution >= 0.6 is 0 Å². The molecular weight excluding hydrogens is 440 g/mol. The molecular formula is C29H34N2O4. The number of hydrogen-bond acceptors (Lipinski definition) is 5. The monoisotopic (exact) mass is 474 g/mol. The number of amides is 1. The maximum absolute atomic E-state index is 13.3. The highest BCUT2D eigenvalue weighted by Gasteiger charge is 2.24. The summed E-state index contributed by atoms with van der Waals surface area (Å²) >= 11 is 0. The second kappa shape index (κ2) is 10.7. The molecule has 0 N–H and O–H groups in total. The van der Waals surface area contributed by atoms with Gasteiger partial charge in [0.2, 0.25) is 0 Å². The molecule has 1 heterocycles. The summed E-state index contributed by atoms with van der Waals surface area (Å²) in [6, 6.07) is 17.8. The molecule has 0 bridgehead atoms. The van der Waals surface area contributed by atoms with Crippen molar-refractivity contribution in [1.29, 1.82) is 0 Å². The number of ether oxygens (including phenoxy) is 3. The van der Waals surface area contributed by atoms with Crippen molar-refractivity contribution in [3.05, 3.63) is 82.4 Å². The summed E-state index contributed by atoms with van der Waals surface area (Å²) in [5.41, 5.74) is 6.04. The normalized spacial score (nSPS) is 13.5. The van der Waals surface area contributed by atoms with Gasteiger partial charge in [-0.3, -0.25) is 4.79 Å². The third-order valence-electron chi connectivity index (χ3n) is 6.67. The first-order chi connectivity index (χ1) is 16.9. The minimum atomic E-state index is 0.0242. The summed E-state index contributed by atoms with van der Waals surface area (Å²) in [5, 5.41) is 0. The molecule has 0 aromatic heterocycles. The van der Waals surface area contributed by atoms with Crippen LogP contribution in [0.15, 0.2) is 54.6 Å². The predicted octanol–water partition coefficient (Wildman–Crippen LogP) is 5.17. The first-order valence-electron chi connectivity index (χ1n) is 12.0. The number of anilines is 1. The van der Waals surface area contributed by atoms with Crippen molar-refractivity contribution in [1.82, 2.24) is 4.90 Å². The van der Waals surface area contributed by atoms with E-state index in [1.807, 2.05) is 47.4 Å². The molecule has 3 aromatic rings. The molecule has 0 unspecified atom stereocenters. The number of carbonyl (C=O) groups excluding carboxylic acids is 1. The zero-order valence-electron chi connectivity index (χ0n) is 21.3. The fourth-order valence-electron chi connectivity index (χ4n) is 4.55. The number of carbonyl (C=O) groups is 1. The Kier molecular flexibility index (Phi) is 7.49. The molecule has 1 amide bonds. The van der Waals surface area contributed by atoms with Crippen LogP contribution < -0.4 is 19.1 Å². The van der Waals surface area contributed by atoms with E-state index in [-0.39, 0.29) is 5.91 Å². The molecule has 184 valence electrons. The van der Waals surface area contributed by atoms with Gasteiger partial charge in [0.25, 0.3) is 5.91 Å². The lowest BCUT2D eigenvalue weighted by Gasteiger charge is -2.36. The van der Waals surface area contributed by atoms with Crippen molar-refractivity contribution < 1.29 is 19.0 Å². The lowest BCUT2D eigenvalue weighted by atomic mass is 10.1. The van der Waals surface area contributed by atoms with Crippen molar-refractivity contribution in [2.24, 2.45) is 0 Å². The summed E-state index contributed by atoms with van der Waals surface area (Å²) in [7, 11) is 3.32. The Morgan fingerprint density at radius 2 is 1.54 bits per heavy atom. The molecule has 1 aliphatic heterocycles. The minimum absolute atomic E-state index is 0.0242. The zero-order valence-corrected chi connectivity index (χ0v) is 21.3. The minimum Gasteiger partial charge on any atom is -0.496 e. The van der Waals surface area contributed by atoms with Crippen LogP contribution in [-0.2, 0) is 6.61 Å². The molecule has 1 saturated heterocycles. The van der Waals surface area contributed by atoms with Crippen LogP contribution in [0.3, 0.4) is 0 Å². The van der Waals surface area contributed by atoms with Crippen molar-refractivity contribution in [3.63, 3.8) is 0 Å². The fraction of sp³-hybridized carbons (Fsp3) is 0.345. The molecule has 6 heteroatoms. The Hall–Kier alpha value is -3.67. The summed E-state index contributed by atoms with van der Waals surface area (Å²) in [5.74, 6) is 2.44. The van der Waals surface area contributed by atoms with E-state index in [4.69, 9.17) is 14.2 Å². The highest BCUT2D eigenvalue weighted by molar-refractivity contribution is 5.94. The Balaban J connectivity index is 1.46. The van der Waals surface area contributed by atoms with Crippen LogP contribution in [-0.4, -0.2) is 51.2 Å². The molecule has 3 aromatic carbocycles. The molecule has 0 atom stereocenters. The Labute approximate surface area is 208 Å². The second-order valence-electron chi connectivity index (χ2n) is 8.97. The van der Waals surface area contributed by atoms with Gasteiger partial charge in [0.05, 0.1) is 19.9 Å². The van der Waals surface area contributed by atoms with E-state index in [1.54, 1.807) is 14.2 Å². The number of para-hydroxylation sites is 2. The molecule has 6 nitrogen and oxygen atoms in total.